The third-order valence-corrected chi connectivity index (χ3v) is 21.9. The highest BCUT2D eigenvalue weighted by Gasteiger charge is 2.67. The topological polar surface area (TPSA) is 294 Å². The van der Waals surface area contributed by atoms with E-state index in [2.05, 4.69) is 10.6 Å². The predicted molar refractivity (Wildman–Crippen MR) is 239 cm³/mol. The first-order valence-electron chi connectivity index (χ1n) is 23.7. The fourth-order valence-electron chi connectivity index (χ4n) is 11.2. The Labute approximate surface area is 402 Å². The summed E-state index contributed by atoms with van der Waals surface area (Å²) in [6, 6.07) is 0. The van der Waals surface area contributed by atoms with Crippen LogP contribution in [0.5, 0.6) is 0 Å². The first-order valence-corrected chi connectivity index (χ1v) is 29.1. The van der Waals surface area contributed by atoms with Crippen molar-refractivity contribution >= 4 is 77.1 Å². The monoisotopic (exact) mass is 1040 g/mol. The Bertz CT molecular complexity index is 2190. The van der Waals surface area contributed by atoms with Crippen molar-refractivity contribution in [2.24, 2.45) is 53.3 Å². The van der Waals surface area contributed by atoms with Crippen LogP contribution in [0.4, 0.5) is 4.79 Å². The quantitative estimate of drug-likeness (QED) is 0.0970. The minimum Gasteiger partial charge on any atom is -0.464 e. The number of alkyl carbamates (subject to hydrolysis) is 1. The minimum absolute atomic E-state index is 0.0212. The number of ether oxygens (including phenoxy) is 4. The van der Waals surface area contributed by atoms with Gasteiger partial charge in [0.05, 0.1) is 34.0 Å². The van der Waals surface area contributed by atoms with E-state index < -0.39 is 101 Å². The molecule has 2 amide bonds. The second kappa shape index (κ2) is 20.9. The number of rotatable bonds is 16. The molecule has 6 aliphatic carbocycles. The summed E-state index contributed by atoms with van der Waals surface area (Å²) in [7, 11) is -10.5. The van der Waals surface area contributed by atoms with E-state index in [4.69, 9.17) is 31.5 Å². The van der Waals surface area contributed by atoms with Crippen LogP contribution in [-0.2, 0) is 85.8 Å². The Morgan fingerprint density at radius 1 is 0.574 bits per heavy atom. The van der Waals surface area contributed by atoms with Gasteiger partial charge in [-0.1, -0.05) is 53.3 Å². The van der Waals surface area contributed by atoms with Crippen molar-refractivity contribution in [2.75, 3.05) is 25.4 Å². The van der Waals surface area contributed by atoms with E-state index in [-0.39, 0.29) is 95.7 Å². The molecule has 6 bridgehead atoms. The maximum absolute atomic E-state index is 11.9. The third kappa shape index (κ3) is 10.9. The molecule has 0 aromatic carbocycles. The highest BCUT2D eigenvalue weighted by atomic mass is 32.2. The van der Waals surface area contributed by atoms with Crippen molar-refractivity contribution in [3.8, 4) is 0 Å². The largest absolute Gasteiger partial charge is 0.464 e. The summed E-state index contributed by atoms with van der Waals surface area (Å²) >= 11 is 0.967. The summed E-state index contributed by atoms with van der Waals surface area (Å²) in [6.45, 7) is 11.1. The zero-order valence-electron chi connectivity index (χ0n) is 39.0. The van der Waals surface area contributed by atoms with Gasteiger partial charge in [-0.2, -0.15) is 25.3 Å². The number of amides is 2. The summed E-state index contributed by atoms with van der Waals surface area (Å²) < 4.78 is 108. The Balaban J connectivity index is 0.000000151. The standard InChI is InChI=1S/C15H23NO7S.C14H21NO6S.C14H20O6S2/c1-3-8(2)14(17)21-5-4-16-15(18)22-12-9-6-10-11(7-9)24(19,20)23-13(10)12;1-3-7(2)14(17)15-6-11(16)20-12-8-4-9-10(5-8)22(18,19)21-13(9)12;1-3-7(2)14(16)21-6-11(15)19-12-8-4-9-10(5-8)22(17,18)20-13(9)12/h8-13H,3-7H2,1-2H3,(H,16,18);7-10,12-13H,3-6H2,1-2H3,(H,15,17);7-10,12-13H,3-6H2,1-2H3. The number of fused-ring (bicyclic) bond motifs is 3. The maximum Gasteiger partial charge on any atom is 0.407 e. The van der Waals surface area contributed by atoms with Gasteiger partial charge < -0.3 is 29.6 Å². The molecule has 21 nitrogen and oxygen atoms in total. The van der Waals surface area contributed by atoms with Gasteiger partial charge in [0.1, 0.15) is 49.8 Å². The van der Waals surface area contributed by atoms with Gasteiger partial charge in [-0.25, -0.2) is 4.79 Å². The Morgan fingerprint density at radius 2 is 1.00 bits per heavy atom. The summed E-state index contributed by atoms with van der Waals surface area (Å²) in [4.78, 5) is 70.5. The molecule has 9 aliphatic rings. The Morgan fingerprint density at radius 3 is 1.44 bits per heavy atom. The second-order valence-electron chi connectivity index (χ2n) is 19.6. The lowest BCUT2D eigenvalue weighted by atomic mass is 9.94. The van der Waals surface area contributed by atoms with Crippen LogP contribution in [0.3, 0.4) is 0 Å². The molecule has 6 saturated carbocycles. The van der Waals surface area contributed by atoms with Gasteiger partial charge in [-0.15, -0.1) is 0 Å². The van der Waals surface area contributed by atoms with Crippen molar-refractivity contribution in [2.45, 2.75) is 152 Å². The summed E-state index contributed by atoms with van der Waals surface area (Å²) in [5.41, 5.74) is 0. The zero-order chi connectivity index (χ0) is 49.6. The van der Waals surface area contributed by atoms with Gasteiger partial charge in [0, 0.05) is 47.3 Å². The zero-order valence-corrected chi connectivity index (χ0v) is 42.2. The molecule has 384 valence electrons. The smallest absolute Gasteiger partial charge is 0.407 e. The molecular formula is C43H64N2O19S4. The SMILES string of the molecule is CCC(C)C(=O)NCC(=O)OC1C2CC3C1OS(=O)(=O)C3C2.CCC(C)C(=O)OCCNC(=O)OC1C2CC3C1OS(=O)(=O)C3C2.CCC(C)C(=O)SCC(=O)OC1C2CC3C1OS(=O)(=O)C3C2. The molecule has 0 aromatic rings. The second-order valence-corrected chi connectivity index (χ2v) is 25.9. The first kappa shape index (κ1) is 52.7. The number of thioether (sulfide) groups is 1. The molecule has 9 fully saturated rings. The summed E-state index contributed by atoms with van der Waals surface area (Å²) in [6.07, 6.45) is 2.07. The summed E-state index contributed by atoms with van der Waals surface area (Å²) in [5.74, 6) is -1.92. The Hall–Kier alpha value is -3.10. The van der Waals surface area contributed by atoms with Crippen LogP contribution in [-0.4, -0.2) is 138 Å². The average Bonchev–Trinajstić information content (AvgIpc) is 4.19. The molecule has 3 saturated heterocycles. The van der Waals surface area contributed by atoms with E-state index in [1.165, 1.54) is 0 Å². The van der Waals surface area contributed by atoms with Crippen molar-refractivity contribution in [1.29, 1.82) is 0 Å². The molecule has 18 unspecified atom stereocenters. The number of esters is 3. The number of nitrogens with one attached hydrogen (secondary N) is 2. The molecule has 25 heteroatoms. The summed E-state index contributed by atoms with van der Waals surface area (Å²) in [5, 5.41) is 3.75. The highest BCUT2D eigenvalue weighted by Crippen LogP contribution is 2.57. The van der Waals surface area contributed by atoms with E-state index >= 15 is 0 Å². The fraction of sp³-hybridized carbons (Fsp3) is 0.860. The predicted octanol–water partition coefficient (Wildman–Crippen LogP) is 2.35. The highest BCUT2D eigenvalue weighted by molar-refractivity contribution is 8.14. The maximum atomic E-state index is 11.9. The molecule has 3 aliphatic heterocycles. The van der Waals surface area contributed by atoms with Gasteiger partial charge in [-0.3, -0.25) is 36.5 Å². The van der Waals surface area contributed by atoms with Crippen molar-refractivity contribution in [3.63, 3.8) is 0 Å². The van der Waals surface area contributed by atoms with E-state index in [0.29, 0.717) is 32.1 Å². The fourth-order valence-corrected chi connectivity index (χ4v) is 17.7. The lowest BCUT2D eigenvalue weighted by Crippen LogP contribution is -2.40. The lowest BCUT2D eigenvalue weighted by molar-refractivity contribution is -0.155. The van der Waals surface area contributed by atoms with Crippen LogP contribution in [0.15, 0.2) is 0 Å². The van der Waals surface area contributed by atoms with Crippen LogP contribution in [0, 0.1) is 53.3 Å². The van der Waals surface area contributed by atoms with E-state index in [9.17, 15) is 54.0 Å². The molecule has 0 spiro atoms. The van der Waals surface area contributed by atoms with Gasteiger partial charge in [0.2, 0.25) is 5.91 Å². The number of carbonyl (C=O) groups is 6. The van der Waals surface area contributed by atoms with Crippen LogP contribution in [0.25, 0.3) is 0 Å². The Kier molecular flexibility index (Phi) is 16.2. The number of hydrogen-bond donors (Lipinski definition) is 2. The van der Waals surface area contributed by atoms with Crippen molar-refractivity contribution in [3.05, 3.63) is 0 Å². The molecule has 9 rings (SSSR count). The minimum atomic E-state index is -3.51. The van der Waals surface area contributed by atoms with Crippen molar-refractivity contribution in [1.82, 2.24) is 10.6 Å². The van der Waals surface area contributed by atoms with Gasteiger partial charge >= 0.3 is 24.0 Å². The molecule has 0 aromatic heterocycles. The van der Waals surface area contributed by atoms with Crippen molar-refractivity contribution < 1.29 is 85.5 Å². The molecule has 0 radical (unpaired) electrons. The van der Waals surface area contributed by atoms with E-state index in [1.807, 2.05) is 27.7 Å². The number of hydrogen-bond acceptors (Lipinski definition) is 20. The molecule has 2 N–H and O–H groups in total. The van der Waals surface area contributed by atoms with E-state index in [1.54, 1.807) is 13.8 Å². The van der Waals surface area contributed by atoms with Crippen LogP contribution < -0.4 is 10.6 Å². The number of carbonyl (C=O) groups excluding carboxylic acids is 6. The molecule has 68 heavy (non-hydrogen) atoms. The first-order chi connectivity index (χ1) is 32.0. The van der Waals surface area contributed by atoms with Crippen LogP contribution in [0.2, 0.25) is 0 Å². The van der Waals surface area contributed by atoms with Gasteiger partial charge in [0.25, 0.3) is 30.4 Å². The van der Waals surface area contributed by atoms with Crippen LogP contribution >= 0.6 is 11.8 Å². The molecular weight excluding hydrogens is 977 g/mol. The molecule has 3 heterocycles. The van der Waals surface area contributed by atoms with Gasteiger partial charge in [0.15, 0.2) is 5.12 Å². The molecule has 18 atom stereocenters. The third-order valence-electron chi connectivity index (χ3n) is 15.5. The lowest BCUT2D eigenvalue weighted by Gasteiger charge is -2.25. The average molecular weight is 1040 g/mol. The van der Waals surface area contributed by atoms with Gasteiger partial charge in [-0.05, 0) is 57.8 Å². The van der Waals surface area contributed by atoms with E-state index in [0.717, 1.165) is 37.4 Å². The van der Waals surface area contributed by atoms with Crippen LogP contribution in [0.1, 0.15) is 99.3 Å². The normalized spacial score (nSPS) is 37.9.